The summed E-state index contributed by atoms with van der Waals surface area (Å²) in [6.45, 7) is 3.78. The molecule has 0 spiro atoms. The second kappa shape index (κ2) is 4.76. The second-order valence-corrected chi connectivity index (χ2v) is 5.23. The minimum atomic E-state index is -0.982. The molecule has 1 N–H and O–H groups in total. The van der Waals surface area contributed by atoms with Crippen molar-refractivity contribution in [1.29, 1.82) is 0 Å². The van der Waals surface area contributed by atoms with Crippen molar-refractivity contribution in [2.24, 2.45) is 7.05 Å². The molecule has 2 heterocycles. The van der Waals surface area contributed by atoms with Gasteiger partial charge in [0.2, 0.25) is 0 Å². The number of carboxylic acids is 1. The second-order valence-electron chi connectivity index (χ2n) is 5.23. The first-order valence-corrected chi connectivity index (χ1v) is 6.64. The summed E-state index contributed by atoms with van der Waals surface area (Å²) < 4.78 is 1.65. The molecule has 1 aromatic heterocycles. The first-order chi connectivity index (χ1) is 9.56. The van der Waals surface area contributed by atoms with E-state index in [1.54, 1.807) is 17.8 Å². The van der Waals surface area contributed by atoms with E-state index in [0.717, 1.165) is 12.2 Å². The molecule has 0 fully saturated rings. The van der Waals surface area contributed by atoms with E-state index in [1.807, 2.05) is 0 Å². The Kier molecular flexibility index (Phi) is 3.06. The van der Waals surface area contributed by atoms with E-state index < -0.39 is 5.97 Å². The van der Waals surface area contributed by atoms with Gasteiger partial charge in [-0.2, -0.15) is 5.10 Å². The van der Waals surface area contributed by atoms with Crippen LogP contribution in [0.4, 0.5) is 0 Å². The summed E-state index contributed by atoms with van der Waals surface area (Å²) in [6, 6.07) is 10.4. The van der Waals surface area contributed by atoms with Gasteiger partial charge in [0.15, 0.2) is 5.69 Å². The van der Waals surface area contributed by atoms with Gasteiger partial charge >= 0.3 is 5.97 Å². The van der Waals surface area contributed by atoms with Crippen molar-refractivity contribution in [3.8, 4) is 0 Å². The summed E-state index contributed by atoms with van der Waals surface area (Å²) >= 11 is 0. The average molecular weight is 271 g/mol. The number of carbonyl (C=O) groups is 1. The van der Waals surface area contributed by atoms with Crippen LogP contribution in [0.2, 0.25) is 0 Å². The smallest absolute Gasteiger partial charge is 0.356 e. The standard InChI is InChI=1S/C15H17N3O2/c1-10-13-6-4-3-5-11(13)8-18(10)9-12-7-14(15(19)20)16-17(12)2/h3-7,10H,8-9H2,1-2H3,(H,19,20). The van der Waals surface area contributed by atoms with Gasteiger partial charge < -0.3 is 5.11 Å². The number of aryl methyl sites for hydroxylation is 1. The van der Waals surface area contributed by atoms with E-state index in [-0.39, 0.29) is 5.69 Å². The number of rotatable bonds is 3. The van der Waals surface area contributed by atoms with Crippen LogP contribution in [0.5, 0.6) is 0 Å². The fraction of sp³-hybridized carbons (Fsp3) is 0.333. The van der Waals surface area contributed by atoms with Crippen molar-refractivity contribution >= 4 is 5.97 Å². The Bertz CT molecular complexity index is 663. The fourth-order valence-electron chi connectivity index (χ4n) is 2.80. The molecule has 0 amide bonds. The molecule has 1 aromatic carbocycles. The maximum atomic E-state index is 11.0. The summed E-state index contributed by atoms with van der Waals surface area (Å²) in [5.74, 6) is -0.982. The van der Waals surface area contributed by atoms with Crippen molar-refractivity contribution in [1.82, 2.24) is 14.7 Å². The number of aromatic nitrogens is 2. The Balaban J connectivity index is 1.82. The molecule has 0 radical (unpaired) electrons. The molecule has 2 aromatic rings. The molecule has 0 bridgehead atoms. The van der Waals surface area contributed by atoms with Gasteiger partial charge in [-0.25, -0.2) is 4.79 Å². The lowest BCUT2D eigenvalue weighted by Crippen LogP contribution is -2.21. The third kappa shape index (κ3) is 2.10. The monoisotopic (exact) mass is 271 g/mol. The summed E-state index contributed by atoms with van der Waals surface area (Å²) in [5, 5.41) is 13.0. The van der Waals surface area contributed by atoms with Crippen molar-refractivity contribution < 1.29 is 9.90 Å². The normalized spacial score (nSPS) is 18.2. The molecular weight excluding hydrogens is 254 g/mol. The summed E-state index contributed by atoms with van der Waals surface area (Å²) in [4.78, 5) is 13.3. The largest absolute Gasteiger partial charge is 0.476 e. The fourth-order valence-corrected chi connectivity index (χ4v) is 2.80. The Morgan fingerprint density at radius 3 is 2.85 bits per heavy atom. The van der Waals surface area contributed by atoms with Gasteiger partial charge in [0.25, 0.3) is 0 Å². The topological polar surface area (TPSA) is 58.4 Å². The van der Waals surface area contributed by atoms with Crippen LogP contribution in [-0.2, 0) is 20.1 Å². The number of hydrogen-bond donors (Lipinski definition) is 1. The molecule has 0 aliphatic carbocycles. The number of nitrogens with zero attached hydrogens (tertiary/aromatic N) is 3. The van der Waals surface area contributed by atoms with E-state index in [2.05, 4.69) is 41.2 Å². The van der Waals surface area contributed by atoms with Gasteiger partial charge in [-0.15, -0.1) is 0 Å². The van der Waals surface area contributed by atoms with E-state index in [9.17, 15) is 4.79 Å². The summed E-state index contributed by atoms with van der Waals surface area (Å²) in [7, 11) is 1.79. The summed E-state index contributed by atoms with van der Waals surface area (Å²) in [5.41, 5.74) is 3.72. The average Bonchev–Trinajstić information content (AvgIpc) is 2.93. The Morgan fingerprint density at radius 2 is 2.20 bits per heavy atom. The number of carboxylic acid groups (broad SMARTS) is 1. The molecule has 5 heteroatoms. The summed E-state index contributed by atoms with van der Waals surface area (Å²) in [6.07, 6.45) is 0. The lowest BCUT2D eigenvalue weighted by molar-refractivity contribution is 0.0689. The molecule has 20 heavy (non-hydrogen) atoms. The highest BCUT2D eigenvalue weighted by molar-refractivity contribution is 5.85. The highest BCUT2D eigenvalue weighted by Crippen LogP contribution is 2.33. The van der Waals surface area contributed by atoms with Crippen LogP contribution in [-0.4, -0.2) is 25.8 Å². The van der Waals surface area contributed by atoms with Crippen molar-refractivity contribution in [3.05, 3.63) is 52.8 Å². The van der Waals surface area contributed by atoms with E-state index >= 15 is 0 Å². The van der Waals surface area contributed by atoms with Crippen LogP contribution in [0.1, 0.15) is 40.3 Å². The van der Waals surface area contributed by atoms with Gasteiger partial charge in [-0.3, -0.25) is 9.58 Å². The van der Waals surface area contributed by atoms with Gasteiger partial charge in [-0.1, -0.05) is 24.3 Å². The maximum absolute atomic E-state index is 11.0. The van der Waals surface area contributed by atoms with Gasteiger partial charge in [0.1, 0.15) is 0 Å². The maximum Gasteiger partial charge on any atom is 0.356 e. The molecular formula is C15H17N3O2. The molecule has 1 unspecified atom stereocenters. The number of benzene rings is 1. The number of aromatic carboxylic acids is 1. The predicted molar refractivity (Wildman–Crippen MR) is 74.3 cm³/mol. The van der Waals surface area contributed by atoms with Gasteiger partial charge in [0.05, 0.1) is 5.69 Å². The third-order valence-corrected chi connectivity index (χ3v) is 3.99. The molecule has 0 saturated heterocycles. The lowest BCUT2D eigenvalue weighted by Gasteiger charge is -2.21. The molecule has 1 aliphatic rings. The quantitative estimate of drug-likeness (QED) is 0.929. The first-order valence-electron chi connectivity index (χ1n) is 6.64. The molecule has 1 atom stereocenters. The minimum Gasteiger partial charge on any atom is -0.476 e. The van der Waals surface area contributed by atoms with Crippen molar-refractivity contribution in [2.75, 3.05) is 0 Å². The van der Waals surface area contributed by atoms with E-state index in [0.29, 0.717) is 12.6 Å². The highest BCUT2D eigenvalue weighted by Gasteiger charge is 2.27. The number of hydrogen-bond acceptors (Lipinski definition) is 3. The van der Waals surface area contributed by atoms with Gasteiger partial charge in [-0.05, 0) is 24.1 Å². The van der Waals surface area contributed by atoms with E-state index in [4.69, 9.17) is 5.11 Å². The lowest BCUT2D eigenvalue weighted by atomic mass is 10.1. The zero-order chi connectivity index (χ0) is 14.3. The number of fused-ring (bicyclic) bond motifs is 1. The first kappa shape index (κ1) is 12.9. The molecule has 5 nitrogen and oxygen atoms in total. The molecule has 1 aliphatic heterocycles. The highest BCUT2D eigenvalue weighted by atomic mass is 16.4. The van der Waals surface area contributed by atoms with Crippen molar-refractivity contribution in [2.45, 2.75) is 26.1 Å². The molecule has 104 valence electrons. The zero-order valence-electron chi connectivity index (χ0n) is 11.6. The van der Waals surface area contributed by atoms with Crippen LogP contribution in [0.3, 0.4) is 0 Å². The SMILES string of the molecule is CC1c2ccccc2CN1Cc1cc(C(=O)O)nn1C. The Labute approximate surface area is 117 Å². The minimum absolute atomic E-state index is 0.104. The van der Waals surface area contributed by atoms with E-state index in [1.165, 1.54) is 11.1 Å². The molecule has 0 saturated carbocycles. The third-order valence-electron chi connectivity index (χ3n) is 3.99. The van der Waals surface area contributed by atoms with Crippen LogP contribution < -0.4 is 0 Å². The van der Waals surface area contributed by atoms with Crippen LogP contribution >= 0.6 is 0 Å². The van der Waals surface area contributed by atoms with Crippen molar-refractivity contribution in [3.63, 3.8) is 0 Å². The van der Waals surface area contributed by atoms with Gasteiger partial charge in [0, 0.05) is 26.2 Å². The Morgan fingerprint density at radius 1 is 1.45 bits per heavy atom. The predicted octanol–water partition coefficient (Wildman–Crippen LogP) is 2.20. The van der Waals surface area contributed by atoms with Crippen LogP contribution in [0, 0.1) is 0 Å². The molecule has 3 rings (SSSR count). The Hall–Kier alpha value is -2.14. The van der Waals surface area contributed by atoms with Crippen LogP contribution in [0.25, 0.3) is 0 Å². The van der Waals surface area contributed by atoms with Crippen LogP contribution in [0.15, 0.2) is 30.3 Å². The zero-order valence-corrected chi connectivity index (χ0v) is 11.6.